The highest BCUT2D eigenvalue weighted by Gasteiger charge is 2.19. The van der Waals surface area contributed by atoms with Crippen molar-refractivity contribution in [2.24, 2.45) is 0 Å². The Morgan fingerprint density at radius 2 is 1.96 bits per heavy atom. The molecule has 1 heterocycles. The van der Waals surface area contributed by atoms with E-state index in [9.17, 15) is 14.7 Å². The highest BCUT2D eigenvalue weighted by Crippen LogP contribution is 2.24. The molecule has 122 valence electrons. The van der Waals surface area contributed by atoms with Crippen LogP contribution in [0.3, 0.4) is 0 Å². The number of fused-ring (bicyclic) bond motifs is 1. The number of aromatic amines is 1. The fourth-order valence-electron chi connectivity index (χ4n) is 2.40. The first-order valence-electron chi connectivity index (χ1n) is 7.46. The number of rotatable bonds is 3. The summed E-state index contributed by atoms with van der Waals surface area (Å²) in [4.78, 5) is 31.3. The minimum atomic E-state index is -0.769. The Kier molecular flexibility index (Phi) is 4.04. The third-order valence-electron chi connectivity index (χ3n) is 3.76. The average molecular weight is 324 g/mol. The number of nitrogens with one attached hydrogen (secondary N) is 1. The molecule has 3 rings (SSSR count). The standard InChI is InChI=1S/C18H16N2O4/c1-10-6-5-8-13(15(10)21)18(23)24-11(2)16-19-14-9-4-3-7-12(14)17(22)20-16/h3-9,11,21H,1-2H3,(H,19,20,22)/t11-/m0/s1. The fraction of sp³-hybridized carbons (Fsp3) is 0.167. The van der Waals surface area contributed by atoms with Crippen molar-refractivity contribution in [1.29, 1.82) is 0 Å². The van der Waals surface area contributed by atoms with Gasteiger partial charge in [-0.25, -0.2) is 9.78 Å². The van der Waals surface area contributed by atoms with E-state index in [1.807, 2.05) is 0 Å². The first kappa shape index (κ1) is 15.7. The third kappa shape index (κ3) is 2.86. The quantitative estimate of drug-likeness (QED) is 0.723. The van der Waals surface area contributed by atoms with Gasteiger partial charge in [0.1, 0.15) is 11.3 Å². The summed E-state index contributed by atoms with van der Waals surface area (Å²) in [5.74, 6) is -0.548. The number of aryl methyl sites for hydroxylation is 1. The van der Waals surface area contributed by atoms with Crippen LogP contribution in [-0.2, 0) is 4.74 Å². The van der Waals surface area contributed by atoms with Gasteiger partial charge in [0, 0.05) is 0 Å². The van der Waals surface area contributed by atoms with Crippen molar-refractivity contribution in [2.75, 3.05) is 0 Å². The monoisotopic (exact) mass is 324 g/mol. The maximum Gasteiger partial charge on any atom is 0.342 e. The first-order valence-corrected chi connectivity index (χ1v) is 7.46. The van der Waals surface area contributed by atoms with Gasteiger partial charge in [-0.05, 0) is 37.6 Å². The molecule has 0 saturated carbocycles. The number of phenols is 1. The predicted molar refractivity (Wildman–Crippen MR) is 89.0 cm³/mol. The Balaban J connectivity index is 1.90. The van der Waals surface area contributed by atoms with E-state index >= 15 is 0 Å². The molecule has 24 heavy (non-hydrogen) atoms. The number of nitrogens with zero attached hydrogens (tertiary/aromatic N) is 1. The molecule has 0 aliphatic carbocycles. The number of hydrogen-bond donors (Lipinski definition) is 2. The minimum Gasteiger partial charge on any atom is -0.507 e. The number of ether oxygens (including phenoxy) is 1. The zero-order chi connectivity index (χ0) is 17.3. The van der Waals surface area contributed by atoms with E-state index in [0.29, 0.717) is 16.5 Å². The number of aromatic nitrogens is 2. The molecule has 6 heteroatoms. The number of carbonyl (C=O) groups excluding carboxylic acids is 1. The average Bonchev–Trinajstić information content (AvgIpc) is 2.57. The summed E-state index contributed by atoms with van der Waals surface area (Å²) in [6.07, 6.45) is -0.769. The second kappa shape index (κ2) is 6.16. The molecular weight excluding hydrogens is 308 g/mol. The van der Waals surface area contributed by atoms with Gasteiger partial charge in [0.15, 0.2) is 11.9 Å². The van der Waals surface area contributed by atoms with Gasteiger partial charge >= 0.3 is 5.97 Å². The Hall–Kier alpha value is -3.15. The summed E-state index contributed by atoms with van der Waals surface area (Å²) >= 11 is 0. The fourth-order valence-corrected chi connectivity index (χ4v) is 2.40. The molecule has 0 saturated heterocycles. The lowest BCUT2D eigenvalue weighted by atomic mass is 10.1. The number of para-hydroxylation sites is 2. The van der Waals surface area contributed by atoms with E-state index in [2.05, 4.69) is 9.97 Å². The van der Waals surface area contributed by atoms with Crippen LogP contribution in [-0.4, -0.2) is 21.0 Å². The normalized spacial score (nSPS) is 12.1. The lowest BCUT2D eigenvalue weighted by Crippen LogP contribution is -2.17. The Bertz CT molecular complexity index is 978. The summed E-state index contributed by atoms with van der Waals surface area (Å²) in [6.45, 7) is 3.30. The molecule has 0 fully saturated rings. The molecule has 1 aromatic heterocycles. The summed E-state index contributed by atoms with van der Waals surface area (Å²) in [7, 11) is 0. The lowest BCUT2D eigenvalue weighted by Gasteiger charge is -2.14. The van der Waals surface area contributed by atoms with Crippen LogP contribution in [0.2, 0.25) is 0 Å². The topological polar surface area (TPSA) is 92.3 Å². The number of aromatic hydroxyl groups is 1. The number of H-pyrrole nitrogens is 1. The van der Waals surface area contributed by atoms with Gasteiger partial charge in [0.05, 0.1) is 10.9 Å². The van der Waals surface area contributed by atoms with Crippen LogP contribution >= 0.6 is 0 Å². The van der Waals surface area contributed by atoms with Crippen LogP contribution in [0.1, 0.15) is 34.8 Å². The van der Waals surface area contributed by atoms with Crippen molar-refractivity contribution in [3.63, 3.8) is 0 Å². The van der Waals surface area contributed by atoms with Crippen molar-refractivity contribution >= 4 is 16.9 Å². The van der Waals surface area contributed by atoms with Crippen molar-refractivity contribution in [3.8, 4) is 5.75 Å². The van der Waals surface area contributed by atoms with Crippen molar-refractivity contribution in [3.05, 3.63) is 69.8 Å². The van der Waals surface area contributed by atoms with E-state index < -0.39 is 12.1 Å². The van der Waals surface area contributed by atoms with Crippen molar-refractivity contribution in [2.45, 2.75) is 20.0 Å². The number of phenolic OH excluding ortho intramolecular Hbond substituents is 1. The Morgan fingerprint density at radius 3 is 2.75 bits per heavy atom. The first-order chi connectivity index (χ1) is 11.5. The second-order valence-electron chi connectivity index (χ2n) is 5.49. The van der Waals surface area contributed by atoms with E-state index in [0.717, 1.165) is 0 Å². The molecule has 3 aromatic rings. The largest absolute Gasteiger partial charge is 0.507 e. The van der Waals surface area contributed by atoms with Gasteiger partial charge in [0.2, 0.25) is 0 Å². The van der Waals surface area contributed by atoms with Gasteiger partial charge < -0.3 is 14.8 Å². The zero-order valence-electron chi connectivity index (χ0n) is 13.2. The molecule has 0 aliphatic heterocycles. The number of hydrogen-bond acceptors (Lipinski definition) is 5. The van der Waals surface area contributed by atoms with E-state index in [1.165, 1.54) is 6.07 Å². The van der Waals surface area contributed by atoms with Gasteiger partial charge in [-0.3, -0.25) is 4.79 Å². The molecule has 6 nitrogen and oxygen atoms in total. The van der Waals surface area contributed by atoms with Crippen LogP contribution in [0.4, 0.5) is 0 Å². The molecule has 0 amide bonds. The van der Waals surface area contributed by atoms with E-state index in [4.69, 9.17) is 4.74 Å². The van der Waals surface area contributed by atoms with Crippen LogP contribution in [0, 0.1) is 6.92 Å². The molecule has 0 unspecified atom stereocenters. The van der Waals surface area contributed by atoms with Gasteiger partial charge in [-0.15, -0.1) is 0 Å². The van der Waals surface area contributed by atoms with Crippen molar-refractivity contribution in [1.82, 2.24) is 9.97 Å². The number of carbonyl (C=O) groups is 1. The van der Waals surface area contributed by atoms with Crippen LogP contribution < -0.4 is 5.56 Å². The van der Waals surface area contributed by atoms with Crippen LogP contribution in [0.25, 0.3) is 10.9 Å². The minimum absolute atomic E-state index is 0.0741. The second-order valence-corrected chi connectivity index (χ2v) is 5.49. The highest BCUT2D eigenvalue weighted by molar-refractivity contribution is 5.93. The number of esters is 1. The SMILES string of the molecule is Cc1cccc(C(=O)O[C@@H](C)c2nc3ccccc3c(=O)[nH]2)c1O. The molecule has 1 atom stereocenters. The molecule has 0 radical (unpaired) electrons. The molecule has 2 aromatic carbocycles. The van der Waals surface area contributed by atoms with Crippen LogP contribution in [0.5, 0.6) is 5.75 Å². The molecule has 2 N–H and O–H groups in total. The van der Waals surface area contributed by atoms with Crippen LogP contribution in [0.15, 0.2) is 47.3 Å². The van der Waals surface area contributed by atoms with Gasteiger partial charge in [0.25, 0.3) is 5.56 Å². The highest BCUT2D eigenvalue weighted by atomic mass is 16.5. The zero-order valence-corrected chi connectivity index (χ0v) is 13.2. The summed E-state index contributed by atoms with van der Waals surface area (Å²) < 4.78 is 5.33. The smallest absolute Gasteiger partial charge is 0.342 e. The summed E-state index contributed by atoms with van der Waals surface area (Å²) in [6, 6.07) is 11.8. The van der Waals surface area contributed by atoms with E-state index in [-0.39, 0.29) is 22.7 Å². The summed E-state index contributed by atoms with van der Waals surface area (Å²) in [5, 5.41) is 10.4. The third-order valence-corrected chi connectivity index (χ3v) is 3.76. The lowest BCUT2D eigenvalue weighted by molar-refractivity contribution is 0.0316. The van der Waals surface area contributed by atoms with Gasteiger partial charge in [-0.1, -0.05) is 24.3 Å². The molecule has 0 bridgehead atoms. The maximum atomic E-state index is 12.2. The maximum absolute atomic E-state index is 12.2. The predicted octanol–water partition coefficient (Wildman–Crippen LogP) is 2.86. The van der Waals surface area contributed by atoms with E-state index in [1.54, 1.807) is 50.2 Å². The molecule has 0 aliphatic rings. The molecule has 0 spiro atoms. The number of benzene rings is 2. The summed E-state index contributed by atoms with van der Waals surface area (Å²) in [5.41, 5.74) is 0.883. The Labute approximate surface area is 137 Å². The van der Waals surface area contributed by atoms with Gasteiger partial charge in [-0.2, -0.15) is 0 Å². The molecular formula is C18H16N2O4. The van der Waals surface area contributed by atoms with Crippen molar-refractivity contribution < 1.29 is 14.6 Å². The Morgan fingerprint density at radius 1 is 1.21 bits per heavy atom.